The average Bonchev–Trinajstić information content (AvgIpc) is 3.10. The molecule has 4 rings (SSSR count). The maximum absolute atomic E-state index is 13.4. The van der Waals surface area contributed by atoms with Gasteiger partial charge in [0.25, 0.3) is 0 Å². The number of anilines is 1. The minimum Gasteiger partial charge on any atom is -0.360 e. The molecule has 0 aliphatic carbocycles. The van der Waals surface area contributed by atoms with E-state index in [4.69, 9.17) is 4.98 Å². The number of H-pyrrole nitrogens is 1. The van der Waals surface area contributed by atoms with Crippen LogP contribution in [0.2, 0.25) is 0 Å². The molecule has 0 amide bonds. The van der Waals surface area contributed by atoms with Crippen LogP contribution in [0, 0.1) is 5.82 Å². The molecule has 0 spiro atoms. The third-order valence-corrected chi connectivity index (χ3v) is 4.98. The summed E-state index contributed by atoms with van der Waals surface area (Å²) in [5.41, 5.74) is 5.27. The Morgan fingerprint density at radius 2 is 2.00 bits per heavy atom. The van der Waals surface area contributed by atoms with Gasteiger partial charge in [0.2, 0.25) is 5.95 Å². The number of hydrogen-bond donors (Lipinski definition) is 1. The van der Waals surface area contributed by atoms with Crippen LogP contribution < -0.4 is 4.90 Å². The van der Waals surface area contributed by atoms with Crippen LogP contribution in [-0.4, -0.2) is 33.3 Å². The third kappa shape index (κ3) is 2.96. The van der Waals surface area contributed by atoms with Crippen molar-refractivity contribution in [3.05, 3.63) is 53.2 Å². The Kier molecular flexibility index (Phi) is 4.41. The summed E-state index contributed by atoms with van der Waals surface area (Å²) in [6.07, 6.45) is 6.79. The zero-order valence-electron chi connectivity index (χ0n) is 15.1. The first-order valence-corrected chi connectivity index (χ1v) is 9.13. The standard InChI is InChI=1S/C20H22FN5/c1-3-17-18(4-2)24-25-20(23-17)26-9-7-13(8-10-26)16-12-22-19-11-14(21)5-6-15(16)19/h5-7,11-12,22H,3-4,8-10H2,1-2H3. The summed E-state index contributed by atoms with van der Waals surface area (Å²) in [4.78, 5) is 10.0. The summed E-state index contributed by atoms with van der Waals surface area (Å²) >= 11 is 0. The number of rotatable bonds is 4. The van der Waals surface area contributed by atoms with Crippen LogP contribution in [0.5, 0.6) is 0 Å². The van der Waals surface area contributed by atoms with Crippen molar-refractivity contribution in [2.75, 3.05) is 18.0 Å². The van der Waals surface area contributed by atoms with Crippen LogP contribution in [-0.2, 0) is 12.8 Å². The van der Waals surface area contributed by atoms with Gasteiger partial charge in [0, 0.05) is 35.8 Å². The van der Waals surface area contributed by atoms with E-state index in [1.165, 1.54) is 17.7 Å². The quantitative estimate of drug-likeness (QED) is 0.774. The summed E-state index contributed by atoms with van der Waals surface area (Å²) in [6.45, 7) is 5.77. The van der Waals surface area contributed by atoms with E-state index in [1.54, 1.807) is 0 Å². The van der Waals surface area contributed by atoms with Gasteiger partial charge in [-0.3, -0.25) is 0 Å². The maximum atomic E-state index is 13.4. The lowest BCUT2D eigenvalue weighted by molar-refractivity contribution is 0.629. The lowest BCUT2D eigenvalue weighted by Crippen LogP contribution is -2.30. The Morgan fingerprint density at radius 3 is 2.73 bits per heavy atom. The van der Waals surface area contributed by atoms with E-state index < -0.39 is 0 Å². The highest BCUT2D eigenvalue weighted by atomic mass is 19.1. The van der Waals surface area contributed by atoms with Gasteiger partial charge in [-0.05, 0) is 43.0 Å². The molecule has 3 heterocycles. The van der Waals surface area contributed by atoms with Crippen molar-refractivity contribution in [1.82, 2.24) is 20.2 Å². The van der Waals surface area contributed by atoms with E-state index in [9.17, 15) is 4.39 Å². The molecule has 5 nitrogen and oxygen atoms in total. The number of benzene rings is 1. The van der Waals surface area contributed by atoms with Crippen LogP contribution >= 0.6 is 0 Å². The fraction of sp³-hybridized carbons (Fsp3) is 0.350. The van der Waals surface area contributed by atoms with Crippen LogP contribution in [0.25, 0.3) is 16.5 Å². The highest BCUT2D eigenvalue weighted by Crippen LogP contribution is 2.30. The summed E-state index contributed by atoms with van der Waals surface area (Å²) in [6, 6.07) is 4.89. The molecule has 1 aliphatic heterocycles. The Balaban J connectivity index is 1.58. The second kappa shape index (κ2) is 6.86. The lowest BCUT2D eigenvalue weighted by Gasteiger charge is -2.26. The number of nitrogens with zero attached hydrogens (tertiary/aromatic N) is 4. The number of nitrogens with one attached hydrogen (secondary N) is 1. The van der Waals surface area contributed by atoms with Crippen molar-refractivity contribution >= 4 is 22.4 Å². The Labute approximate surface area is 152 Å². The van der Waals surface area contributed by atoms with Gasteiger partial charge in [0.15, 0.2) is 0 Å². The average molecular weight is 351 g/mol. The van der Waals surface area contributed by atoms with E-state index in [0.717, 1.165) is 60.2 Å². The van der Waals surface area contributed by atoms with Crippen molar-refractivity contribution in [3.8, 4) is 0 Å². The minimum atomic E-state index is -0.221. The number of aryl methyl sites for hydroxylation is 2. The molecule has 0 atom stereocenters. The van der Waals surface area contributed by atoms with Crippen LogP contribution in [0.15, 0.2) is 30.5 Å². The monoisotopic (exact) mass is 351 g/mol. The van der Waals surface area contributed by atoms with Crippen molar-refractivity contribution < 1.29 is 4.39 Å². The lowest BCUT2D eigenvalue weighted by atomic mass is 9.99. The molecule has 0 saturated carbocycles. The van der Waals surface area contributed by atoms with Crippen LogP contribution in [0.4, 0.5) is 10.3 Å². The normalized spacial score (nSPS) is 14.7. The first-order chi connectivity index (χ1) is 12.7. The summed E-state index contributed by atoms with van der Waals surface area (Å²) < 4.78 is 13.4. The van der Waals surface area contributed by atoms with Gasteiger partial charge in [-0.2, -0.15) is 5.10 Å². The van der Waals surface area contributed by atoms with E-state index in [0.29, 0.717) is 5.95 Å². The van der Waals surface area contributed by atoms with Crippen LogP contribution in [0.1, 0.15) is 37.2 Å². The molecule has 0 saturated heterocycles. The molecule has 1 aromatic carbocycles. The number of fused-ring (bicyclic) bond motifs is 1. The van der Waals surface area contributed by atoms with Gasteiger partial charge >= 0.3 is 0 Å². The van der Waals surface area contributed by atoms with Crippen molar-refractivity contribution in [3.63, 3.8) is 0 Å². The molecule has 3 aromatic rings. The highest BCUT2D eigenvalue weighted by Gasteiger charge is 2.19. The van der Waals surface area contributed by atoms with Gasteiger partial charge in [-0.25, -0.2) is 9.37 Å². The maximum Gasteiger partial charge on any atom is 0.245 e. The predicted molar refractivity (Wildman–Crippen MR) is 102 cm³/mol. The zero-order valence-corrected chi connectivity index (χ0v) is 15.1. The van der Waals surface area contributed by atoms with Crippen molar-refractivity contribution in [2.24, 2.45) is 0 Å². The fourth-order valence-corrected chi connectivity index (χ4v) is 3.52. The molecular weight excluding hydrogens is 329 g/mol. The molecule has 26 heavy (non-hydrogen) atoms. The van der Waals surface area contributed by atoms with E-state index in [2.05, 4.69) is 40.0 Å². The Bertz CT molecular complexity index is 975. The molecule has 2 aromatic heterocycles. The van der Waals surface area contributed by atoms with Gasteiger partial charge in [0.05, 0.1) is 11.4 Å². The molecule has 1 aliphatic rings. The largest absolute Gasteiger partial charge is 0.360 e. The number of halogens is 1. The summed E-state index contributed by atoms with van der Waals surface area (Å²) in [5.74, 6) is 0.483. The second-order valence-corrected chi connectivity index (χ2v) is 6.53. The van der Waals surface area contributed by atoms with Gasteiger partial charge in [-0.1, -0.05) is 19.9 Å². The van der Waals surface area contributed by atoms with Gasteiger partial charge in [-0.15, -0.1) is 5.10 Å². The van der Waals surface area contributed by atoms with Crippen LogP contribution in [0.3, 0.4) is 0 Å². The molecule has 0 radical (unpaired) electrons. The molecule has 134 valence electrons. The first-order valence-electron chi connectivity index (χ1n) is 9.13. The SMILES string of the molecule is CCc1nnc(N2CC=C(c3c[nH]c4cc(F)ccc34)CC2)nc1CC. The van der Waals surface area contributed by atoms with Gasteiger partial charge in [0.1, 0.15) is 5.82 Å². The number of hydrogen-bond acceptors (Lipinski definition) is 4. The molecule has 1 N–H and O–H groups in total. The fourth-order valence-electron chi connectivity index (χ4n) is 3.52. The second-order valence-electron chi connectivity index (χ2n) is 6.53. The van der Waals surface area contributed by atoms with Crippen molar-refractivity contribution in [2.45, 2.75) is 33.1 Å². The molecular formula is C20H22FN5. The van der Waals surface area contributed by atoms with E-state index in [1.807, 2.05) is 12.3 Å². The topological polar surface area (TPSA) is 57.7 Å². The smallest absolute Gasteiger partial charge is 0.245 e. The Hall–Kier alpha value is -2.76. The summed E-state index contributed by atoms with van der Waals surface area (Å²) in [7, 11) is 0. The third-order valence-electron chi connectivity index (χ3n) is 4.98. The Morgan fingerprint density at radius 1 is 1.15 bits per heavy atom. The molecule has 0 unspecified atom stereocenters. The number of aromatic nitrogens is 4. The van der Waals surface area contributed by atoms with E-state index >= 15 is 0 Å². The zero-order chi connectivity index (χ0) is 18.1. The molecule has 0 fully saturated rings. The predicted octanol–water partition coefficient (Wildman–Crippen LogP) is 3.91. The first kappa shape index (κ1) is 16.7. The number of aromatic amines is 1. The van der Waals surface area contributed by atoms with Crippen molar-refractivity contribution in [1.29, 1.82) is 0 Å². The molecule has 6 heteroatoms. The summed E-state index contributed by atoms with van der Waals surface area (Å²) in [5, 5.41) is 9.72. The molecule has 0 bridgehead atoms. The van der Waals surface area contributed by atoms with Gasteiger partial charge < -0.3 is 9.88 Å². The van der Waals surface area contributed by atoms with E-state index in [-0.39, 0.29) is 5.82 Å². The highest BCUT2D eigenvalue weighted by molar-refractivity contribution is 5.93. The minimum absolute atomic E-state index is 0.221.